The fourth-order valence-corrected chi connectivity index (χ4v) is 3.95. The first-order valence-corrected chi connectivity index (χ1v) is 9.44. The molecule has 0 saturated heterocycles. The normalized spacial score (nSPS) is 19.1. The second kappa shape index (κ2) is 6.48. The number of fused-ring (bicyclic) bond motifs is 3. The Morgan fingerprint density at radius 2 is 1.72 bits per heavy atom. The maximum absolute atomic E-state index is 13.0. The zero-order valence-corrected chi connectivity index (χ0v) is 15.7. The lowest BCUT2D eigenvalue weighted by Gasteiger charge is -2.23. The molecule has 3 aliphatic rings. The van der Waals surface area contributed by atoms with Crippen LogP contribution >= 0.6 is 0 Å². The summed E-state index contributed by atoms with van der Waals surface area (Å²) in [4.78, 5) is 39.3. The van der Waals surface area contributed by atoms with E-state index in [0.717, 1.165) is 22.4 Å². The fraction of sp³-hybridized carbons (Fsp3) is 0.227. The van der Waals surface area contributed by atoms with Crippen molar-refractivity contribution in [1.29, 1.82) is 0 Å². The van der Waals surface area contributed by atoms with E-state index in [9.17, 15) is 14.4 Å². The number of nitrogens with zero attached hydrogens (tertiary/aromatic N) is 1. The quantitative estimate of drug-likeness (QED) is 0.639. The highest BCUT2D eigenvalue weighted by Crippen LogP contribution is 2.38. The SMILES string of the molecule is CC(C(=O)/C=C1\NCCc2cc3c(cc21)OCO3)N1C(=O)c2ccccc2C1=O. The first-order chi connectivity index (χ1) is 14.0. The number of benzene rings is 2. The molecular weight excluding hydrogens is 372 g/mol. The van der Waals surface area contributed by atoms with Gasteiger partial charge in [0.05, 0.1) is 11.1 Å². The van der Waals surface area contributed by atoms with Crippen molar-refractivity contribution >= 4 is 23.3 Å². The summed E-state index contributed by atoms with van der Waals surface area (Å²) in [5.74, 6) is 0.137. The molecular formula is C22H18N2O5. The molecule has 1 unspecified atom stereocenters. The maximum Gasteiger partial charge on any atom is 0.262 e. The monoisotopic (exact) mass is 390 g/mol. The maximum atomic E-state index is 13.0. The van der Waals surface area contributed by atoms with E-state index in [1.54, 1.807) is 31.2 Å². The van der Waals surface area contributed by atoms with E-state index in [1.165, 1.54) is 6.08 Å². The van der Waals surface area contributed by atoms with Crippen molar-refractivity contribution < 1.29 is 23.9 Å². The average Bonchev–Trinajstić information content (AvgIpc) is 3.29. The number of rotatable bonds is 3. The Balaban J connectivity index is 1.45. The number of hydrogen-bond acceptors (Lipinski definition) is 6. The lowest BCUT2D eigenvalue weighted by molar-refractivity contribution is -0.117. The molecule has 2 aromatic carbocycles. The minimum Gasteiger partial charge on any atom is -0.454 e. The molecule has 0 aromatic heterocycles. The van der Waals surface area contributed by atoms with Crippen LogP contribution in [0.1, 0.15) is 38.8 Å². The van der Waals surface area contributed by atoms with Gasteiger partial charge >= 0.3 is 0 Å². The van der Waals surface area contributed by atoms with Gasteiger partial charge in [-0.15, -0.1) is 0 Å². The molecule has 0 bridgehead atoms. The Kier molecular flexibility index (Phi) is 3.91. The number of carbonyl (C=O) groups excluding carboxylic acids is 3. The molecule has 2 amide bonds. The van der Waals surface area contributed by atoms with E-state index in [2.05, 4.69) is 5.32 Å². The molecule has 3 aliphatic heterocycles. The van der Waals surface area contributed by atoms with Crippen LogP contribution in [-0.4, -0.2) is 41.9 Å². The zero-order chi connectivity index (χ0) is 20.1. The van der Waals surface area contributed by atoms with Gasteiger partial charge < -0.3 is 14.8 Å². The van der Waals surface area contributed by atoms with Crippen molar-refractivity contribution in [1.82, 2.24) is 10.2 Å². The highest BCUT2D eigenvalue weighted by atomic mass is 16.7. The molecule has 0 radical (unpaired) electrons. The molecule has 5 rings (SSSR count). The predicted octanol–water partition coefficient (Wildman–Crippen LogP) is 2.16. The number of imide groups is 1. The van der Waals surface area contributed by atoms with Crippen LogP contribution in [0, 0.1) is 0 Å². The van der Waals surface area contributed by atoms with Crippen LogP contribution in [0.5, 0.6) is 11.5 Å². The van der Waals surface area contributed by atoms with Crippen molar-refractivity contribution in [2.75, 3.05) is 13.3 Å². The van der Waals surface area contributed by atoms with Crippen LogP contribution in [0.3, 0.4) is 0 Å². The Labute approximate surface area is 166 Å². The summed E-state index contributed by atoms with van der Waals surface area (Å²) in [6.07, 6.45) is 2.26. The molecule has 146 valence electrons. The molecule has 0 spiro atoms. The first kappa shape index (κ1) is 17.5. The van der Waals surface area contributed by atoms with Gasteiger partial charge in [0.1, 0.15) is 6.04 Å². The third-order valence-corrected chi connectivity index (χ3v) is 5.51. The van der Waals surface area contributed by atoms with Gasteiger partial charge in [0, 0.05) is 23.9 Å². The van der Waals surface area contributed by atoms with Gasteiger partial charge in [-0.25, -0.2) is 0 Å². The summed E-state index contributed by atoms with van der Waals surface area (Å²) in [5, 5.41) is 3.24. The van der Waals surface area contributed by atoms with E-state index in [-0.39, 0.29) is 12.6 Å². The van der Waals surface area contributed by atoms with Gasteiger partial charge in [0.15, 0.2) is 17.3 Å². The molecule has 0 saturated carbocycles. The molecule has 29 heavy (non-hydrogen) atoms. The Morgan fingerprint density at radius 1 is 1.07 bits per heavy atom. The summed E-state index contributed by atoms with van der Waals surface area (Å²) in [7, 11) is 0. The molecule has 3 heterocycles. The third-order valence-electron chi connectivity index (χ3n) is 5.51. The Morgan fingerprint density at radius 3 is 2.41 bits per heavy atom. The largest absolute Gasteiger partial charge is 0.454 e. The number of hydrogen-bond donors (Lipinski definition) is 1. The van der Waals surface area contributed by atoms with Crippen LogP contribution in [0.4, 0.5) is 0 Å². The van der Waals surface area contributed by atoms with Crippen LogP contribution in [-0.2, 0) is 11.2 Å². The smallest absolute Gasteiger partial charge is 0.262 e. The van der Waals surface area contributed by atoms with Crippen molar-refractivity contribution in [3.05, 3.63) is 64.7 Å². The lowest BCUT2D eigenvalue weighted by atomic mass is 9.96. The van der Waals surface area contributed by atoms with Crippen LogP contribution in [0.25, 0.3) is 5.70 Å². The van der Waals surface area contributed by atoms with E-state index in [4.69, 9.17) is 9.47 Å². The van der Waals surface area contributed by atoms with Gasteiger partial charge in [-0.3, -0.25) is 19.3 Å². The summed E-state index contributed by atoms with van der Waals surface area (Å²) in [6.45, 7) is 2.43. The molecule has 1 atom stereocenters. The average molecular weight is 390 g/mol. The van der Waals surface area contributed by atoms with Crippen LogP contribution in [0.15, 0.2) is 42.5 Å². The van der Waals surface area contributed by atoms with Gasteiger partial charge in [-0.1, -0.05) is 12.1 Å². The van der Waals surface area contributed by atoms with E-state index >= 15 is 0 Å². The van der Waals surface area contributed by atoms with Gasteiger partial charge in [0.2, 0.25) is 6.79 Å². The number of ether oxygens (including phenoxy) is 2. The molecule has 1 N–H and O–H groups in total. The second-order valence-corrected chi connectivity index (χ2v) is 7.20. The number of carbonyl (C=O) groups is 3. The standard InChI is InChI=1S/C22H18N2O5/c1-12(24-21(26)14-4-2-3-5-15(14)22(24)27)18(25)10-17-16-9-20-19(28-11-29-20)8-13(16)6-7-23-17/h2-5,8-10,12,23H,6-7,11H2,1H3/b17-10-. The Hall–Kier alpha value is -3.61. The second-order valence-electron chi connectivity index (χ2n) is 7.20. The van der Waals surface area contributed by atoms with Crippen LogP contribution in [0.2, 0.25) is 0 Å². The summed E-state index contributed by atoms with van der Waals surface area (Å²) in [5.41, 5.74) is 3.24. The topological polar surface area (TPSA) is 84.9 Å². The minimum absolute atomic E-state index is 0.181. The predicted molar refractivity (Wildman–Crippen MR) is 104 cm³/mol. The first-order valence-electron chi connectivity index (χ1n) is 9.44. The molecule has 7 nitrogen and oxygen atoms in total. The van der Waals surface area contributed by atoms with E-state index in [0.29, 0.717) is 34.9 Å². The summed E-state index contributed by atoms with van der Waals surface area (Å²) in [6, 6.07) is 9.50. The minimum atomic E-state index is -0.906. The Bertz CT molecular complexity index is 1070. The van der Waals surface area contributed by atoms with Crippen molar-refractivity contribution in [2.24, 2.45) is 0 Å². The number of ketones is 1. The highest BCUT2D eigenvalue weighted by Gasteiger charge is 2.40. The van der Waals surface area contributed by atoms with Gasteiger partial charge in [-0.05, 0) is 43.2 Å². The van der Waals surface area contributed by atoms with Crippen LogP contribution < -0.4 is 14.8 Å². The van der Waals surface area contributed by atoms with E-state index < -0.39 is 17.9 Å². The van der Waals surface area contributed by atoms with Gasteiger partial charge in [0.25, 0.3) is 11.8 Å². The number of amides is 2. The highest BCUT2D eigenvalue weighted by molar-refractivity contribution is 6.23. The zero-order valence-electron chi connectivity index (χ0n) is 15.7. The third kappa shape index (κ3) is 2.69. The van der Waals surface area contributed by atoms with Crippen molar-refractivity contribution in [3.63, 3.8) is 0 Å². The van der Waals surface area contributed by atoms with Crippen molar-refractivity contribution in [3.8, 4) is 11.5 Å². The molecule has 7 heteroatoms. The van der Waals surface area contributed by atoms with Crippen molar-refractivity contribution in [2.45, 2.75) is 19.4 Å². The molecule has 0 aliphatic carbocycles. The summed E-state index contributed by atoms with van der Waals surface area (Å²) >= 11 is 0. The lowest BCUT2D eigenvalue weighted by Crippen LogP contribution is -2.42. The van der Waals surface area contributed by atoms with E-state index in [1.807, 2.05) is 12.1 Å². The molecule has 2 aromatic rings. The summed E-state index contributed by atoms with van der Waals surface area (Å²) < 4.78 is 10.9. The molecule has 0 fully saturated rings. The van der Waals surface area contributed by atoms with Gasteiger partial charge in [-0.2, -0.15) is 0 Å². The number of nitrogens with one attached hydrogen (secondary N) is 1. The fourth-order valence-electron chi connectivity index (χ4n) is 3.95.